The topological polar surface area (TPSA) is 49.9 Å². The summed E-state index contributed by atoms with van der Waals surface area (Å²) in [6.07, 6.45) is 1.10. The monoisotopic (exact) mass is 334 g/mol. The minimum Gasteiger partial charge on any atom is -0.374 e. The standard InChI is InChI=1S/C18H23FN2O3/c1-13(22)20-8-9-24-17-12-21(7-6-15(17)11-20)18(23)10-14-2-4-16(19)5-3-14/h2-5,15,17H,6-12H2,1H3/t15-,17-/m1/s1. The Morgan fingerprint density at radius 2 is 1.92 bits per heavy atom. The number of piperidine rings is 1. The minimum absolute atomic E-state index is 0.0136. The van der Waals surface area contributed by atoms with Gasteiger partial charge in [-0.2, -0.15) is 0 Å². The van der Waals surface area contributed by atoms with Gasteiger partial charge in [0.05, 0.1) is 19.1 Å². The van der Waals surface area contributed by atoms with Crippen LogP contribution in [0.1, 0.15) is 18.9 Å². The van der Waals surface area contributed by atoms with Gasteiger partial charge in [0.2, 0.25) is 11.8 Å². The Kier molecular flexibility index (Phi) is 5.14. The Labute approximate surface area is 141 Å². The van der Waals surface area contributed by atoms with E-state index in [1.165, 1.54) is 12.1 Å². The minimum atomic E-state index is -0.297. The molecule has 2 aliphatic rings. The van der Waals surface area contributed by atoms with Crippen molar-refractivity contribution in [3.05, 3.63) is 35.6 Å². The molecule has 2 fully saturated rings. The van der Waals surface area contributed by atoms with Gasteiger partial charge in [0, 0.05) is 39.0 Å². The molecule has 2 atom stereocenters. The van der Waals surface area contributed by atoms with Crippen molar-refractivity contribution in [3.8, 4) is 0 Å². The van der Waals surface area contributed by atoms with Crippen molar-refractivity contribution in [1.29, 1.82) is 0 Å². The normalized spacial score (nSPS) is 24.2. The number of carbonyl (C=O) groups is 2. The average molecular weight is 334 g/mol. The van der Waals surface area contributed by atoms with Gasteiger partial charge in [-0.1, -0.05) is 12.1 Å². The smallest absolute Gasteiger partial charge is 0.227 e. The molecule has 0 saturated carbocycles. The lowest BCUT2D eigenvalue weighted by Crippen LogP contribution is -2.49. The lowest BCUT2D eigenvalue weighted by molar-refractivity contribution is -0.136. The van der Waals surface area contributed by atoms with Gasteiger partial charge in [-0.3, -0.25) is 9.59 Å². The summed E-state index contributed by atoms with van der Waals surface area (Å²) >= 11 is 0. The van der Waals surface area contributed by atoms with Crippen LogP contribution in [0.3, 0.4) is 0 Å². The highest BCUT2D eigenvalue weighted by Gasteiger charge is 2.35. The van der Waals surface area contributed by atoms with Crippen LogP contribution in [0.2, 0.25) is 0 Å². The van der Waals surface area contributed by atoms with Crippen molar-refractivity contribution in [2.24, 2.45) is 5.92 Å². The highest BCUT2D eigenvalue weighted by molar-refractivity contribution is 5.79. The van der Waals surface area contributed by atoms with Crippen LogP contribution in [0.4, 0.5) is 4.39 Å². The van der Waals surface area contributed by atoms with Crippen molar-refractivity contribution >= 4 is 11.8 Å². The second-order valence-electron chi connectivity index (χ2n) is 6.57. The molecule has 0 aromatic heterocycles. The number of hydrogen-bond donors (Lipinski definition) is 0. The Bertz CT molecular complexity index is 605. The van der Waals surface area contributed by atoms with Gasteiger partial charge in [0.25, 0.3) is 0 Å². The Balaban J connectivity index is 1.59. The fourth-order valence-electron chi connectivity index (χ4n) is 3.45. The van der Waals surface area contributed by atoms with Crippen LogP contribution >= 0.6 is 0 Å². The van der Waals surface area contributed by atoms with Crippen molar-refractivity contribution in [3.63, 3.8) is 0 Å². The van der Waals surface area contributed by atoms with E-state index in [-0.39, 0.29) is 36.1 Å². The average Bonchev–Trinajstić information content (AvgIpc) is 2.78. The highest BCUT2D eigenvalue weighted by Crippen LogP contribution is 2.24. The maximum Gasteiger partial charge on any atom is 0.227 e. The van der Waals surface area contributed by atoms with Gasteiger partial charge in [-0.05, 0) is 24.1 Å². The quantitative estimate of drug-likeness (QED) is 0.823. The van der Waals surface area contributed by atoms with Crippen molar-refractivity contribution in [2.45, 2.75) is 25.9 Å². The number of amides is 2. The summed E-state index contributed by atoms with van der Waals surface area (Å²) in [5.74, 6) is 0.102. The second-order valence-corrected chi connectivity index (χ2v) is 6.57. The molecule has 0 spiro atoms. The third-order valence-electron chi connectivity index (χ3n) is 4.91. The molecule has 0 N–H and O–H groups in total. The first-order valence-corrected chi connectivity index (χ1v) is 8.42. The number of rotatable bonds is 2. The van der Waals surface area contributed by atoms with Crippen molar-refractivity contribution in [1.82, 2.24) is 9.80 Å². The molecule has 2 amide bonds. The molecule has 3 rings (SSSR count). The van der Waals surface area contributed by atoms with E-state index in [0.29, 0.717) is 32.8 Å². The zero-order valence-corrected chi connectivity index (χ0v) is 13.9. The van der Waals surface area contributed by atoms with E-state index in [4.69, 9.17) is 4.74 Å². The summed E-state index contributed by atoms with van der Waals surface area (Å²) < 4.78 is 18.8. The van der Waals surface area contributed by atoms with Gasteiger partial charge in [0.15, 0.2) is 0 Å². The first-order chi connectivity index (χ1) is 11.5. The fraction of sp³-hybridized carbons (Fsp3) is 0.556. The van der Waals surface area contributed by atoms with Crippen LogP contribution in [0.25, 0.3) is 0 Å². The summed E-state index contributed by atoms with van der Waals surface area (Å²) in [7, 11) is 0. The molecule has 2 heterocycles. The van der Waals surface area contributed by atoms with Crippen molar-refractivity contribution in [2.75, 3.05) is 32.8 Å². The summed E-state index contributed by atoms with van der Waals surface area (Å²) in [4.78, 5) is 27.8. The van der Waals surface area contributed by atoms with Crippen LogP contribution in [0.15, 0.2) is 24.3 Å². The van der Waals surface area contributed by atoms with Crippen LogP contribution in [0, 0.1) is 11.7 Å². The lowest BCUT2D eigenvalue weighted by Gasteiger charge is -2.38. The molecule has 0 aliphatic carbocycles. The zero-order valence-electron chi connectivity index (χ0n) is 13.9. The molecule has 6 heteroatoms. The van der Waals surface area contributed by atoms with Crippen LogP contribution in [-0.2, 0) is 20.7 Å². The zero-order chi connectivity index (χ0) is 17.1. The van der Waals surface area contributed by atoms with E-state index < -0.39 is 0 Å². The predicted octanol–water partition coefficient (Wildman–Crippen LogP) is 1.46. The van der Waals surface area contributed by atoms with E-state index >= 15 is 0 Å². The van der Waals surface area contributed by atoms with Crippen molar-refractivity contribution < 1.29 is 18.7 Å². The summed E-state index contributed by atoms with van der Waals surface area (Å²) in [5, 5.41) is 0. The van der Waals surface area contributed by atoms with E-state index in [2.05, 4.69) is 0 Å². The number of halogens is 1. The van der Waals surface area contributed by atoms with Gasteiger partial charge >= 0.3 is 0 Å². The molecule has 0 unspecified atom stereocenters. The molecule has 2 saturated heterocycles. The molecular formula is C18H23FN2O3. The van der Waals surface area contributed by atoms with Gasteiger partial charge in [-0.25, -0.2) is 4.39 Å². The second kappa shape index (κ2) is 7.30. The number of benzene rings is 1. The molecule has 1 aromatic rings. The maximum atomic E-state index is 13.0. The van der Waals surface area contributed by atoms with Crippen LogP contribution < -0.4 is 0 Å². The van der Waals surface area contributed by atoms with E-state index in [1.807, 2.05) is 9.80 Å². The molecule has 5 nitrogen and oxygen atoms in total. The Morgan fingerprint density at radius 1 is 1.17 bits per heavy atom. The first kappa shape index (κ1) is 16.9. The number of likely N-dealkylation sites (tertiary alicyclic amines) is 1. The number of fused-ring (bicyclic) bond motifs is 1. The molecule has 24 heavy (non-hydrogen) atoms. The largest absolute Gasteiger partial charge is 0.374 e. The van der Waals surface area contributed by atoms with Gasteiger partial charge < -0.3 is 14.5 Å². The molecule has 2 aliphatic heterocycles. The van der Waals surface area contributed by atoms with Crippen LogP contribution in [-0.4, -0.2) is 60.5 Å². The third kappa shape index (κ3) is 3.93. The Hall–Kier alpha value is -1.95. The molecule has 0 radical (unpaired) electrons. The number of ether oxygens (including phenoxy) is 1. The van der Waals surface area contributed by atoms with Gasteiger partial charge in [0.1, 0.15) is 5.82 Å². The van der Waals surface area contributed by atoms with E-state index in [9.17, 15) is 14.0 Å². The first-order valence-electron chi connectivity index (χ1n) is 8.42. The van der Waals surface area contributed by atoms with E-state index in [0.717, 1.165) is 12.0 Å². The van der Waals surface area contributed by atoms with Gasteiger partial charge in [-0.15, -0.1) is 0 Å². The Morgan fingerprint density at radius 3 is 2.62 bits per heavy atom. The summed E-state index contributed by atoms with van der Waals surface area (Å²) in [5.41, 5.74) is 0.813. The molecule has 130 valence electrons. The molecule has 0 bridgehead atoms. The number of nitrogens with zero attached hydrogens (tertiary/aromatic N) is 2. The maximum absolute atomic E-state index is 13.0. The highest BCUT2D eigenvalue weighted by atomic mass is 19.1. The van der Waals surface area contributed by atoms with Crippen LogP contribution in [0.5, 0.6) is 0 Å². The number of hydrogen-bond acceptors (Lipinski definition) is 3. The van der Waals surface area contributed by atoms with E-state index in [1.54, 1.807) is 19.1 Å². The predicted molar refractivity (Wildman–Crippen MR) is 86.8 cm³/mol. The molecular weight excluding hydrogens is 311 g/mol. The lowest BCUT2D eigenvalue weighted by atomic mass is 9.93. The number of carbonyl (C=O) groups excluding carboxylic acids is 2. The summed E-state index contributed by atoms with van der Waals surface area (Å²) in [6, 6.07) is 6.04. The SMILES string of the molecule is CC(=O)N1CCO[C@@H]2CN(C(=O)Cc3ccc(F)cc3)CC[C@@H]2C1. The molecule has 1 aromatic carbocycles. The fourth-order valence-corrected chi connectivity index (χ4v) is 3.45. The third-order valence-corrected chi connectivity index (χ3v) is 4.91. The summed E-state index contributed by atoms with van der Waals surface area (Å²) in [6.45, 7) is 4.67.